The van der Waals surface area contributed by atoms with Gasteiger partial charge in [-0.05, 0) is 11.1 Å². The fourth-order valence-corrected chi connectivity index (χ4v) is 2.23. The van der Waals surface area contributed by atoms with Crippen molar-refractivity contribution in [1.82, 2.24) is 4.90 Å². The topological polar surface area (TPSA) is 43.7 Å². The summed E-state index contributed by atoms with van der Waals surface area (Å²) < 4.78 is 0. The van der Waals surface area contributed by atoms with Crippen molar-refractivity contribution in [2.24, 2.45) is 0 Å². The van der Waals surface area contributed by atoms with Gasteiger partial charge in [-0.15, -0.1) is 0 Å². The minimum Gasteiger partial charge on any atom is -0.395 e. The predicted octanol–water partition coefficient (Wildman–Crippen LogP) is 2.04. The van der Waals surface area contributed by atoms with Crippen molar-refractivity contribution in [2.45, 2.75) is 19.2 Å². The van der Waals surface area contributed by atoms with Crippen molar-refractivity contribution in [1.29, 1.82) is 0 Å². The molecule has 0 aromatic heterocycles. The molecular formula is C17H21NO2. The van der Waals surface area contributed by atoms with Crippen LogP contribution < -0.4 is 0 Å². The number of hydrogen-bond donors (Lipinski definition) is 2. The Bertz CT molecular complexity index is 487. The lowest BCUT2D eigenvalue weighted by Gasteiger charge is -2.27. The summed E-state index contributed by atoms with van der Waals surface area (Å²) in [6.07, 6.45) is -0.0297. The van der Waals surface area contributed by atoms with Crippen molar-refractivity contribution < 1.29 is 10.2 Å². The minimum absolute atomic E-state index is 0.0404. The molecule has 3 heteroatoms. The molecule has 2 N–H and O–H groups in total. The summed E-state index contributed by atoms with van der Waals surface area (Å²) in [5.74, 6) is 0. The van der Waals surface area contributed by atoms with Crippen LogP contribution in [0.3, 0.4) is 0 Å². The van der Waals surface area contributed by atoms with Gasteiger partial charge in [0.15, 0.2) is 0 Å². The first kappa shape index (κ1) is 14.7. The van der Waals surface area contributed by atoms with Crippen molar-refractivity contribution in [3.05, 3.63) is 71.8 Å². The molecule has 0 aliphatic heterocycles. The average Bonchev–Trinajstić information content (AvgIpc) is 2.49. The zero-order valence-corrected chi connectivity index (χ0v) is 11.5. The van der Waals surface area contributed by atoms with Gasteiger partial charge in [0.1, 0.15) is 6.23 Å². The zero-order valence-electron chi connectivity index (χ0n) is 11.5. The highest BCUT2D eigenvalue weighted by Gasteiger charge is 2.15. The van der Waals surface area contributed by atoms with Gasteiger partial charge in [-0.25, -0.2) is 0 Å². The molecule has 0 spiro atoms. The summed E-state index contributed by atoms with van der Waals surface area (Å²) in [6, 6.07) is 19.9. The molecule has 2 rings (SSSR count). The molecule has 0 amide bonds. The first-order valence-electron chi connectivity index (χ1n) is 6.90. The van der Waals surface area contributed by atoms with E-state index in [0.29, 0.717) is 19.5 Å². The number of aliphatic hydroxyl groups excluding tert-OH is 2. The highest BCUT2D eigenvalue weighted by Crippen LogP contribution is 2.11. The van der Waals surface area contributed by atoms with E-state index in [2.05, 4.69) is 0 Å². The van der Waals surface area contributed by atoms with Gasteiger partial charge < -0.3 is 10.2 Å². The maximum atomic E-state index is 10.4. The lowest BCUT2D eigenvalue weighted by Crippen LogP contribution is -2.38. The first-order valence-corrected chi connectivity index (χ1v) is 6.90. The molecule has 0 saturated heterocycles. The van der Waals surface area contributed by atoms with E-state index in [-0.39, 0.29) is 6.61 Å². The molecule has 0 heterocycles. The molecule has 0 fully saturated rings. The second-order valence-corrected chi connectivity index (χ2v) is 4.85. The maximum Gasteiger partial charge on any atom is 0.111 e. The standard InChI is InChI=1S/C17H21NO2/c19-12-11-18(14-16-9-5-2-6-10-16)17(20)13-15-7-3-1-4-8-15/h1-10,17,19-20H,11-14H2. The smallest absolute Gasteiger partial charge is 0.111 e. The van der Waals surface area contributed by atoms with E-state index in [9.17, 15) is 10.2 Å². The number of rotatable bonds is 7. The van der Waals surface area contributed by atoms with Gasteiger partial charge >= 0.3 is 0 Å². The largest absolute Gasteiger partial charge is 0.395 e. The van der Waals surface area contributed by atoms with Crippen LogP contribution >= 0.6 is 0 Å². The van der Waals surface area contributed by atoms with Gasteiger partial charge in [0.05, 0.1) is 6.61 Å². The molecular weight excluding hydrogens is 250 g/mol. The van der Waals surface area contributed by atoms with Gasteiger partial charge in [-0.3, -0.25) is 4.90 Å². The number of nitrogens with zero attached hydrogens (tertiary/aromatic N) is 1. The monoisotopic (exact) mass is 271 g/mol. The van der Waals surface area contributed by atoms with Crippen LogP contribution in [0.1, 0.15) is 11.1 Å². The molecule has 1 atom stereocenters. The third-order valence-electron chi connectivity index (χ3n) is 3.30. The third kappa shape index (κ3) is 4.46. The van der Waals surface area contributed by atoms with Crippen LogP contribution in [0.5, 0.6) is 0 Å². The van der Waals surface area contributed by atoms with Crippen LogP contribution in [-0.2, 0) is 13.0 Å². The number of benzene rings is 2. The maximum absolute atomic E-state index is 10.4. The normalized spacial score (nSPS) is 12.6. The van der Waals surface area contributed by atoms with Crippen molar-refractivity contribution in [3.8, 4) is 0 Å². The Morgan fingerprint density at radius 1 is 0.850 bits per heavy atom. The van der Waals surface area contributed by atoms with Crippen LogP contribution in [0, 0.1) is 0 Å². The van der Waals surface area contributed by atoms with E-state index < -0.39 is 6.23 Å². The van der Waals surface area contributed by atoms with Crippen LogP contribution in [-0.4, -0.2) is 34.5 Å². The quantitative estimate of drug-likeness (QED) is 0.757. The van der Waals surface area contributed by atoms with Gasteiger partial charge in [0, 0.05) is 19.5 Å². The second kappa shape index (κ2) is 7.80. The Morgan fingerprint density at radius 2 is 1.40 bits per heavy atom. The molecule has 0 radical (unpaired) electrons. The number of hydrogen-bond acceptors (Lipinski definition) is 3. The van der Waals surface area contributed by atoms with Crippen LogP contribution in [0.2, 0.25) is 0 Å². The van der Waals surface area contributed by atoms with Crippen molar-refractivity contribution in [2.75, 3.05) is 13.2 Å². The van der Waals surface area contributed by atoms with Crippen molar-refractivity contribution >= 4 is 0 Å². The third-order valence-corrected chi connectivity index (χ3v) is 3.30. The molecule has 3 nitrogen and oxygen atoms in total. The van der Waals surface area contributed by atoms with E-state index in [0.717, 1.165) is 11.1 Å². The lowest BCUT2D eigenvalue weighted by atomic mass is 10.1. The molecule has 106 valence electrons. The van der Waals surface area contributed by atoms with Gasteiger partial charge in [-0.1, -0.05) is 60.7 Å². The van der Waals surface area contributed by atoms with E-state index in [1.54, 1.807) is 0 Å². The summed E-state index contributed by atoms with van der Waals surface area (Å²) >= 11 is 0. The predicted molar refractivity (Wildman–Crippen MR) is 80.1 cm³/mol. The zero-order chi connectivity index (χ0) is 14.2. The Hall–Kier alpha value is -1.68. The van der Waals surface area contributed by atoms with Crippen LogP contribution in [0.25, 0.3) is 0 Å². The van der Waals surface area contributed by atoms with E-state index in [4.69, 9.17) is 0 Å². The minimum atomic E-state index is -0.593. The second-order valence-electron chi connectivity index (χ2n) is 4.85. The average molecular weight is 271 g/mol. The van der Waals surface area contributed by atoms with E-state index in [1.807, 2.05) is 65.6 Å². The molecule has 0 aliphatic rings. The molecule has 2 aromatic rings. The van der Waals surface area contributed by atoms with E-state index >= 15 is 0 Å². The van der Waals surface area contributed by atoms with Crippen molar-refractivity contribution in [3.63, 3.8) is 0 Å². The molecule has 20 heavy (non-hydrogen) atoms. The van der Waals surface area contributed by atoms with Gasteiger partial charge in [0.2, 0.25) is 0 Å². The SMILES string of the molecule is OCCN(Cc1ccccc1)C(O)Cc1ccccc1. The molecule has 0 bridgehead atoms. The van der Waals surface area contributed by atoms with E-state index in [1.165, 1.54) is 0 Å². The Balaban J connectivity index is 2.00. The van der Waals surface area contributed by atoms with Gasteiger partial charge in [0.25, 0.3) is 0 Å². The highest BCUT2D eigenvalue weighted by atomic mass is 16.3. The first-order chi connectivity index (χ1) is 9.79. The number of aliphatic hydroxyl groups is 2. The molecule has 0 saturated carbocycles. The summed E-state index contributed by atoms with van der Waals surface area (Å²) in [7, 11) is 0. The Morgan fingerprint density at radius 3 is 1.95 bits per heavy atom. The summed E-state index contributed by atoms with van der Waals surface area (Å²) in [5, 5.41) is 19.5. The Labute approximate surface area is 120 Å². The fourth-order valence-electron chi connectivity index (χ4n) is 2.23. The molecule has 2 aromatic carbocycles. The highest BCUT2D eigenvalue weighted by molar-refractivity contribution is 5.16. The summed E-state index contributed by atoms with van der Waals surface area (Å²) in [6.45, 7) is 1.14. The van der Waals surface area contributed by atoms with Crippen LogP contribution in [0.15, 0.2) is 60.7 Å². The lowest BCUT2D eigenvalue weighted by molar-refractivity contribution is -0.0106. The van der Waals surface area contributed by atoms with Gasteiger partial charge in [-0.2, -0.15) is 0 Å². The Kier molecular flexibility index (Phi) is 5.74. The summed E-state index contributed by atoms with van der Waals surface area (Å²) in [5.41, 5.74) is 2.23. The summed E-state index contributed by atoms with van der Waals surface area (Å²) in [4.78, 5) is 1.89. The fraction of sp³-hybridized carbons (Fsp3) is 0.294. The molecule has 0 aliphatic carbocycles. The van der Waals surface area contributed by atoms with Crippen LogP contribution in [0.4, 0.5) is 0 Å². The molecule has 1 unspecified atom stereocenters.